The number of carbonyl (C=O) groups is 1. The maximum absolute atomic E-state index is 12.8. The number of nitrogens with zero attached hydrogens (tertiary/aromatic N) is 1. The average Bonchev–Trinajstić information content (AvgIpc) is 2.87. The Morgan fingerprint density at radius 2 is 1.96 bits per heavy atom. The van der Waals surface area contributed by atoms with Gasteiger partial charge in [-0.2, -0.15) is 0 Å². The molecule has 3 nitrogen and oxygen atoms in total. The van der Waals surface area contributed by atoms with Crippen LogP contribution in [0.2, 0.25) is 5.02 Å². The maximum atomic E-state index is 12.8. The molecule has 0 bridgehead atoms. The zero-order valence-electron chi connectivity index (χ0n) is 16.5. The minimum atomic E-state index is -0.189. The van der Waals surface area contributed by atoms with Gasteiger partial charge in [-0.3, -0.25) is 4.79 Å². The summed E-state index contributed by atoms with van der Waals surface area (Å²) in [5.74, 6) is 0.500. The normalized spacial score (nSPS) is 20.6. The third kappa shape index (κ3) is 2.67. The SMILES string of the molecule is CCCC(CC)c1ccc2c(c1)C(C)(C)C1NC(=O)c3c(Cl)cccc3N21. The minimum absolute atomic E-state index is 0.0876. The standard InChI is InChI=1S/C23H27ClN2O/c1-5-8-14(6-2)15-11-12-18-16(13-15)23(3,4)22-25-21(27)20-17(24)9-7-10-19(20)26(18)22/h7,9-14,22H,5-6,8H2,1-4H3,(H,25,27). The molecule has 1 N–H and O–H groups in total. The Morgan fingerprint density at radius 1 is 1.19 bits per heavy atom. The van der Waals surface area contributed by atoms with Crippen molar-refractivity contribution in [3.8, 4) is 0 Å². The van der Waals surface area contributed by atoms with Gasteiger partial charge < -0.3 is 10.2 Å². The summed E-state index contributed by atoms with van der Waals surface area (Å²) in [6, 6.07) is 12.6. The van der Waals surface area contributed by atoms with Crippen molar-refractivity contribution in [2.75, 3.05) is 4.90 Å². The molecule has 27 heavy (non-hydrogen) atoms. The van der Waals surface area contributed by atoms with Crippen LogP contribution in [-0.4, -0.2) is 12.1 Å². The van der Waals surface area contributed by atoms with Crippen LogP contribution in [0.15, 0.2) is 36.4 Å². The predicted octanol–water partition coefficient (Wildman–Crippen LogP) is 6.13. The molecule has 2 aromatic carbocycles. The Labute approximate surface area is 166 Å². The third-order valence-electron chi connectivity index (χ3n) is 6.26. The summed E-state index contributed by atoms with van der Waals surface area (Å²) in [6.07, 6.45) is 3.44. The molecule has 2 aromatic rings. The van der Waals surface area contributed by atoms with E-state index in [0.717, 1.165) is 12.1 Å². The number of fused-ring (bicyclic) bond motifs is 5. The van der Waals surface area contributed by atoms with Gasteiger partial charge in [0.05, 0.1) is 16.3 Å². The summed E-state index contributed by atoms with van der Waals surface area (Å²) in [6.45, 7) is 8.95. The van der Waals surface area contributed by atoms with Gasteiger partial charge in [-0.25, -0.2) is 0 Å². The van der Waals surface area contributed by atoms with Crippen LogP contribution in [0.3, 0.4) is 0 Å². The van der Waals surface area contributed by atoms with Gasteiger partial charge in [0, 0.05) is 11.1 Å². The van der Waals surface area contributed by atoms with Crippen LogP contribution < -0.4 is 10.2 Å². The van der Waals surface area contributed by atoms with E-state index in [1.165, 1.54) is 29.7 Å². The van der Waals surface area contributed by atoms with Crippen molar-refractivity contribution >= 4 is 28.9 Å². The number of carbonyl (C=O) groups excluding carboxylic acids is 1. The number of anilines is 2. The highest BCUT2D eigenvalue weighted by Gasteiger charge is 2.49. The van der Waals surface area contributed by atoms with Gasteiger partial charge >= 0.3 is 0 Å². The number of nitrogens with one attached hydrogen (secondary N) is 1. The molecule has 4 rings (SSSR count). The van der Waals surface area contributed by atoms with E-state index in [4.69, 9.17) is 11.6 Å². The van der Waals surface area contributed by atoms with E-state index >= 15 is 0 Å². The lowest BCUT2D eigenvalue weighted by Crippen LogP contribution is -2.55. The summed E-state index contributed by atoms with van der Waals surface area (Å²) < 4.78 is 0. The predicted molar refractivity (Wildman–Crippen MR) is 112 cm³/mol. The first kappa shape index (κ1) is 18.4. The highest BCUT2D eigenvalue weighted by molar-refractivity contribution is 6.35. The molecule has 2 aliphatic rings. The highest BCUT2D eigenvalue weighted by atomic mass is 35.5. The first-order valence-electron chi connectivity index (χ1n) is 9.93. The minimum Gasteiger partial charge on any atom is -0.331 e. The van der Waals surface area contributed by atoms with Crippen molar-refractivity contribution < 1.29 is 4.79 Å². The van der Waals surface area contributed by atoms with Crippen LogP contribution in [0.4, 0.5) is 11.4 Å². The number of amides is 1. The van der Waals surface area contributed by atoms with Crippen LogP contribution in [0.25, 0.3) is 0 Å². The van der Waals surface area contributed by atoms with E-state index in [1.807, 2.05) is 12.1 Å². The first-order chi connectivity index (χ1) is 12.9. The Kier molecular flexibility index (Phi) is 4.46. The van der Waals surface area contributed by atoms with E-state index in [2.05, 4.69) is 56.1 Å². The van der Waals surface area contributed by atoms with Gasteiger partial charge in [-0.1, -0.05) is 63.9 Å². The van der Waals surface area contributed by atoms with E-state index in [1.54, 1.807) is 6.07 Å². The van der Waals surface area contributed by atoms with Crippen molar-refractivity contribution in [2.45, 2.75) is 64.5 Å². The molecule has 0 saturated carbocycles. The van der Waals surface area contributed by atoms with Gasteiger partial charge in [0.15, 0.2) is 0 Å². The number of hydrogen-bond acceptors (Lipinski definition) is 2. The average molecular weight is 383 g/mol. The van der Waals surface area contributed by atoms with Gasteiger partial charge in [0.25, 0.3) is 5.91 Å². The van der Waals surface area contributed by atoms with Crippen LogP contribution >= 0.6 is 11.6 Å². The molecular formula is C23H27ClN2O. The van der Waals surface area contributed by atoms with Gasteiger partial charge in [0.2, 0.25) is 0 Å². The van der Waals surface area contributed by atoms with Crippen molar-refractivity contribution in [1.82, 2.24) is 5.32 Å². The highest BCUT2D eigenvalue weighted by Crippen LogP contribution is 2.51. The molecule has 142 valence electrons. The Balaban J connectivity index is 1.87. The van der Waals surface area contributed by atoms with E-state index in [-0.39, 0.29) is 17.5 Å². The smallest absolute Gasteiger partial charge is 0.256 e. The van der Waals surface area contributed by atoms with Crippen molar-refractivity contribution in [3.05, 3.63) is 58.1 Å². The summed E-state index contributed by atoms with van der Waals surface area (Å²) in [5, 5.41) is 3.70. The summed E-state index contributed by atoms with van der Waals surface area (Å²) in [7, 11) is 0. The quantitative estimate of drug-likeness (QED) is 0.689. The molecule has 0 aromatic heterocycles. The second-order valence-corrected chi connectivity index (χ2v) is 8.68. The number of rotatable bonds is 4. The van der Waals surface area contributed by atoms with Crippen LogP contribution in [0.5, 0.6) is 0 Å². The molecule has 0 spiro atoms. The van der Waals surface area contributed by atoms with Gasteiger partial charge in [-0.15, -0.1) is 0 Å². The van der Waals surface area contributed by atoms with Crippen molar-refractivity contribution in [1.29, 1.82) is 0 Å². The number of halogens is 1. The Bertz CT molecular complexity index is 905. The van der Waals surface area contributed by atoms with Crippen molar-refractivity contribution in [2.24, 2.45) is 0 Å². The molecule has 4 heteroatoms. The fraction of sp³-hybridized carbons (Fsp3) is 0.435. The van der Waals surface area contributed by atoms with E-state index in [9.17, 15) is 4.79 Å². The lowest BCUT2D eigenvalue weighted by molar-refractivity contribution is 0.0915. The molecule has 0 radical (unpaired) electrons. The molecule has 2 unspecified atom stereocenters. The zero-order valence-corrected chi connectivity index (χ0v) is 17.2. The topological polar surface area (TPSA) is 32.3 Å². The largest absolute Gasteiger partial charge is 0.331 e. The molecule has 2 aliphatic heterocycles. The van der Waals surface area contributed by atoms with E-state index < -0.39 is 0 Å². The lowest BCUT2D eigenvalue weighted by atomic mass is 9.81. The van der Waals surface area contributed by atoms with Gasteiger partial charge in [-0.05, 0) is 48.1 Å². The molecule has 0 aliphatic carbocycles. The second-order valence-electron chi connectivity index (χ2n) is 8.27. The van der Waals surface area contributed by atoms with Crippen LogP contribution in [-0.2, 0) is 5.41 Å². The van der Waals surface area contributed by atoms with Gasteiger partial charge in [0.1, 0.15) is 6.17 Å². The summed E-state index contributed by atoms with van der Waals surface area (Å²) >= 11 is 6.36. The molecule has 2 atom stereocenters. The molecule has 0 fully saturated rings. The molecule has 0 saturated heterocycles. The maximum Gasteiger partial charge on any atom is 0.256 e. The first-order valence-corrected chi connectivity index (χ1v) is 10.3. The van der Waals surface area contributed by atoms with E-state index in [0.29, 0.717) is 16.5 Å². The summed E-state index contributed by atoms with van der Waals surface area (Å²) in [4.78, 5) is 15.0. The van der Waals surface area contributed by atoms with Crippen LogP contribution in [0.1, 0.15) is 74.4 Å². The molecule has 2 heterocycles. The monoisotopic (exact) mass is 382 g/mol. The van der Waals surface area contributed by atoms with Crippen molar-refractivity contribution in [3.63, 3.8) is 0 Å². The number of benzene rings is 2. The summed E-state index contributed by atoms with van der Waals surface area (Å²) in [5.41, 5.74) is 5.16. The Morgan fingerprint density at radius 3 is 2.67 bits per heavy atom. The number of hydrogen-bond donors (Lipinski definition) is 1. The third-order valence-corrected chi connectivity index (χ3v) is 6.58. The Hall–Kier alpha value is -2.00. The lowest BCUT2D eigenvalue weighted by Gasteiger charge is -2.39. The molecule has 1 amide bonds. The molecular weight excluding hydrogens is 356 g/mol. The van der Waals surface area contributed by atoms with Crippen LogP contribution in [0, 0.1) is 0 Å². The fourth-order valence-corrected chi connectivity index (χ4v) is 5.00. The second kappa shape index (κ2) is 6.56. The zero-order chi connectivity index (χ0) is 19.3. The fourth-order valence-electron chi connectivity index (χ4n) is 4.75.